The fourth-order valence-corrected chi connectivity index (χ4v) is 2.55. The molecule has 0 aliphatic heterocycles. The first-order valence-electron chi connectivity index (χ1n) is 8.05. The Morgan fingerprint density at radius 2 is 1.73 bits per heavy atom. The second-order valence-corrected chi connectivity index (χ2v) is 5.52. The third-order valence-corrected chi connectivity index (χ3v) is 3.77. The third-order valence-electron chi connectivity index (χ3n) is 3.77. The Labute approximate surface area is 157 Å². The second kappa shape index (κ2) is 8.31. The smallest absolute Gasteiger partial charge is 0.225 e. The Morgan fingerprint density at radius 1 is 0.846 bits per heavy atom. The van der Waals surface area contributed by atoms with Crippen LogP contribution < -0.4 is 10.6 Å². The maximum Gasteiger partial charge on any atom is 0.225 e. The van der Waals surface area contributed by atoms with Gasteiger partial charge < -0.3 is 15.1 Å². The van der Waals surface area contributed by atoms with Gasteiger partial charge in [-0.25, -0.2) is 4.98 Å². The molecule has 132 valence electrons. The van der Waals surface area contributed by atoms with Crippen molar-refractivity contribution in [2.75, 3.05) is 10.6 Å². The van der Waals surface area contributed by atoms with Crippen LogP contribution in [0.15, 0.2) is 71.5 Å². The molecule has 0 fully saturated rings. The largest absolute Gasteiger partial charge is 0.467 e. The van der Waals surface area contributed by atoms with Crippen LogP contribution in [0.5, 0.6) is 0 Å². The molecule has 0 aliphatic carbocycles. The number of nitrogens with one attached hydrogen (secondary N) is 2. The van der Waals surface area contributed by atoms with Crippen LogP contribution in [-0.4, -0.2) is 15.0 Å². The highest BCUT2D eigenvalue weighted by Gasteiger charge is 2.08. The number of hydrogen-bond donors (Lipinski definition) is 2. The zero-order valence-electron chi connectivity index (χ0n) is 13.9. The van der Waals surface area contributed by atoms with Gasteiger partial charge in [-0.15, -0.1) is 12.4 Å². The van der Waals surface area contributed by atoms with Gasteiger partial charge in [-0.3, -0.25) is 4.98 Å². The molecule has 1 aromatic carbocycles. The molecule has 3 heterocycles. The van der Waals surface area contributed by atoms with Crippen LogP contribution in [0.2, 0.25) is 0 Å². The Hall–Kier alpha value is -3.12. The van der Waals surface area contributed by atoms with Gasteiger partial charge in [0.1, 0.15) is 11.6 Å². The number of hydrogen-bond acceptors (Lipinski definition) is 6. The summed E-state index contributed by atoms with van der Waals surface area (Å²) in [6.07, 6.45) is 3.43. The normalized spacial score (nSPS) is 10.3. The molecule has 2 N–H and O–H groups in total. The van der Waals surface area contributed by atoms with Crippen molar-refractivity contribution in [1.82, 2.24) is 15.0 Å². The number of benzene rings is 1. The Kier molecular flexibility index (Phi) is 5.66. The van der Waals surface area contributed by atoms with E-state index in [9.17, 15) is 0 Å². The molecule has 0 radical (unpaired) electrons. The van der Waals surface area contributed by atoms with Crippen LogP contribution in [0.1, 0.15) is 11.5 Å². The van der Waals surface area contributed by atoms with Crippen molar-refractivity contribution in [2.24, 2.45) is 0 Å². The minimum atomic E-state index is 0. The van der Waals surface area contributed by atoms with Crippen LogP contribution in [0, 0.1) is 0 Å². The molecule has 4 rings (SSSR count). The van der Waals surface area contributed by atoms with E-state index >= 15 is 0 Å². The molecule has 6 nitrogen and oxygen atoms in total. The van der Waals surface area contributed by atoms with Gasteiger partial charge >= 0.3 is 0 Å². The van der Waals surface area contributed by atoms with Crippen LogP contribution in [-0.2, 0) is 13.1 Å². The highest BCUT2D eigenvalue weighted by molar-refractivity contribution is 5.90. The first-order chi connectivity index (χ1) is 12.4. The predicted molar refractivity (Wildman–Crippen MR) is 104 cm³/mol. The van der Waals surface area contributed by atoms with E-state index in [-0.39, 0.29) is 12.4 Å². The van der Waals surface area contributed by atoms with Crippen molar-refractivity contribution < 1.29 is 4.42 Å². The molecule has 0 spiro atoms. The van der Waals surface area contributed by atoms with Crippen molar-refractivity contribution in [3.05, 3.63) is 78.5 Å². The molecule has 26 heavy (non-hydrogen) atoms. The van der Waals surface area contributed by atoms with Crippen molar-refractivity contribution in [2.45, 2.75) is 13.1 Å². The number of rotatable bonds is 6. The van der Waals surface area contributed by atoms with Crippen molar-refractivity contribution in [3.63, 3.8) is 0 Å². The zero-order valence-corrected chi connectivity index (χ0v) is 14.7. The number of halogens is 1. The van der Waals surface area contributed by atoms with Crippen molar-refractivity contribution in [3.8, 4) is 0 Å². The SMILES string of the molecule is Cl.c1ccc(CNc2nc(NCc3ccco3)c3ccccc3n2)nc1. The number of aromatic nitrogens is 3. The highest BCUT2D eigenvalue weighted by atomic mass is 35.5. The lowest BCUT2D eigenvalue weighted by Gasteiger charge is -2.11. The zero-order chi connectivity index (χ0) is 16.9. The van der Waals surface area contributed by atoms with E-state index in [1.54, 1.807) is 12.5 Å². The predicted octanol–water partition coefficient (Wildman–Crippen LogP) is 4.26. The fraction of sp³-hybridized carbons (Fsp3) is 0.105. The molecular weight excluding hydrogens is 350 g/mol. The topological polar surface area (TPSA) is 75.9 Å². The number of anilines is 2. The summed E-state index contributed by atoms with van der Waals surface area (Å²) in [7, 11) is 0. The molecule has 0 saturated heterocycles. The van der Waals surface area contributed by atoms with E-state index in [2.05, 4.69) is 25.6 Å². The van der Waals surface area contributed by atoms with Crippen LogP contribution in [0.3, 0.4) is 0 Å². The number of furan rings is 1. The van der Waals surface area contributed by atoms with E-state index in [4.69, 9.17) is 4.42 Å². The minimum Gasteiger partial charge on any atom is -0.467 e. The summed E-state index contributed by atoms with van der Waals surface area (Å²) in [5.41, 5.74) is 1.81. The average molecular weight is 368 g/mol. The van der Waals surface area contributed by atoms with Crippen molar-refractivity contribution >= 4 is 35.1 Å². The Bertz CT molecular complexity index is 960. The van der Waals surface area contributed by atoms with Crippen LogP contribution in [0.25, 0.3) is 10.9 Å². The fourth-order valence-electron chi connectivity index (χ4n) is 2.55. The Balaban J connectivity index is 0.00000196. The van der Waals surface area contributed by atoms with Gasteiger partial charge in [0.15, 0.2) is 0 Å². The lowest BCUT2D eigenvalue weighted by molar-refractivity contribution is 0.518. The number of para-hydroxylation sites is 1. The molecular formula is C19H18ClN5O. The molecule has 0 saturated carbocycles. The van der Waals surface area contributed by atoms with Gasteiger partial charge in [0.05, 0.1) is 30.6 Å². The van der Waals surface area contributed by atoms with Gasteiger partial charge in [-0.2, -0.15) is 4.98 Å². The summed E-state index contributed by atoms with van der Waals surface area (Å²) in [6, 6.07) is 17.5. The first-order valence-corrected chi connectivity index (χ1v) is 8.05. The van der Waals surface area contributed by atoms with Crippen LogP contribution in [0.4, 0.5) is 11.8 Å². The van der Waals surface area contributed by atoms with Crippen LogP contribution >= 0.6 is 12.4 Å². The van der Waals surface area contributed by atoms with Gasteiger partial charge in [0, 0.05) is 11.6 Å². The quantitative estimate of drug-likeness (QED) is 0.530. The number of pyridine rings is 1. The lowest BCUT2D eigenvalue weighted by atomic mass is 10.2. The van der Waals surface area contributed by atoms with E-state index in [1.807, 2.05) is 54.6 Å². The van der Waals surface area contributed by atoms with Gasteiger partial charge in [0.25, 0.3) is 0 Å². The van der Waals surface area contributed by atoms with E-state index in [0.717, 1.165) is 28.2 Å². The minimum absolute atomic E-state index is 0. The summed E-state index contributed by atoms with van der Waals surface area (Å²) in [5.74, 6) is 2.18. The lowest BCUT2D eigenvalue weighted by Crippen LogP contribution is -2.08. The third kappa shape index (κ3) is 4.10. The number of nitrogens with zero attached hydrogens (tertiary/aromatic N) is 3. The summed E-state index contributed by atoms with van der Waals surface area (Å²) in [4.78, 5) is 13.5. The maximum absolute atomic E-state index is 5.37. The highest BCUT2D eigenvalue weighted by Crippen LogP contribution is 2.22. The van der Waals surface area contributed by atoms with Gasteiger partial charge in [0.2, 0.25) is 5.95 Å². The summed E-state index contributed by atoms with van der Waals surface area (Å²) in [5, 5.41) is 7.54. The standard InChI is InChI=1S/C19H17N5O.ClH/c1-2-9-17-16(8-1)18(21-13-15-7-5-11-25-15)24-19(23-17)22-12-14-6-3-4-10-20-14;/h1-11H,12-13H2,(H2,21,22,23,24);1H. The molecule has 0 amide bonds. The molecule has 4 aromatic rings. The van der Waals surface area contributed by atoms with Gasteiger partial charge in [-0.05, 0) is 36.4 Å². The van der Waals surface area contributed by atoms with E-state index < -0.39 is 0 Å². The van der Waals surface area contributed by atoms with Gasteiger partial charge in [-0.1, -0.05) is 18.2 Å². The number of fused-ring (bicyclic) bond motifs is 1. The molecule has 0 bridgehead atoms. The molecule has 0 unspecified atom stereocenters. The molecule has 7 heteroatoms. The van der Waals surface area contributed by atoms with Crippen molar-refractivity contribution in [1.29, 1.82) is 0 Å². The summed E-state index contributed by atoms with van der Waals surface area (Å²) in [6.45, 7) is 1.13. The maximum atomic E-state index is 5.37. The summed E-state index contributed by atoms with van der Waals surface area (Å²) < 4.78 is 5.37. The summed E-state index contributed by atoms with van der Waals surface area (Å²) >= 11 is 0. The Morgan fingerprint density at radius 3 is 2.54 bits per heavy atom. The van der Waals surface area contributed by atoms with E-state index in [0.29, 0.717) is 19.0 Å². The molecule has 3 aromatic heterocycles. The second-order valence-electron chi connectivity index (χ2n) is 5.52. The monoisotopic (exact) mass is 367 g/mol. The first kappa shape index (κ1) is 17.7. The van der Waals surface area contributed by atoms with E-state index in [1.165, 1.54) is 0 Å². The average Bonchev–Trinajstić information content (AvgIpc) is 3.19. The molecule has 0 atom stereocenters. The molecule has 0 aliphatic rings.